The third-order valence-corrected chi connectivity index (χ3v) is 6.87. The maximum atomic E-state index is 12.6. The lowest BCUT2D eigenvalue weighted by atomic mass is 10.1. The van der Waals surface area contributed by atoms with Gasteiger partial charge in [0.05, 0.1) is 11.5 Å². The van der Waals surface area contributed by atoms with Gasteiger partial charge in [0.15, 0.2) is 0 Å². The SMILES string of the molecule is CCCCCCCCCCCCOc1ccc(S(=O)(=O)c2ccccc2O)cc1. The predicted octanol–water partition coefficient (Wildman–Crippen LogP) is 6.52. The minimum Gasteiger partial charge on any atom is -0.507 e. The van der Waals surface area contributed by atoms with Crippen LogP contribution in [0.5, 0.6) is 11.5 Å². The molecule has 2 aromatic carbocycles. The van der Waals surface area contributed by atoms with E-state index in [4.69, 9.17) is 4.74 Å². The number of para-hydroxylation sites is 1. The Morgan fingerprint density at radius 3 is 1.90 bits per heavy atom. The van der Waals surface area contributed by atoms with Crippen molar-refractivity contribution in [3.05, 3.63) is 48.5 Å². The van der Waals surface area contributed by atoms with Gasteiger partial charge in [0.2, 0.25) is 9.84 Å². The van der Waals surface area contributed by atoms with Crippen LogP contribution in [0.3, 0.4) is 0 Å². The first-order valence-corrected chi connectivity index (χ1v) is 12.3. The van der Waals surface area contributed by atoms with Gasteiger partial charge in [-0.15, -0.1) is 0 Å². The average Bonchev–Trinajstić information content (AvgIpc) is 2.72. The minimum absolute atomic E-state index is 0.0842. The van der Waals surface area contributed by atoms with Crippen molar-refractivity contribution in [3.8, 4) is 11.5 Å². The molecule has 2 aromatic rings. The molecule has 4 nitrogen and oxygen atoms in total. The Morgan fingerprint density at radius 2 is 1.31 bits per heavy atom. The van der Waals surface area contributed by atoms with E-state index in [2.05, 4.69) is 6.92 Å². The van der Waals surface area contributed by atoms with Gasteiger partial charge in [-0.25, -0.2) is 8.42 Å². The lowest BCUT2D eigenvalue weighted by Crippen LogP contribution is -2.03. The quantitative estimate of drug-likeness (QED) is 0.355. The fraction of sp³-hybridized carbons (Fsp3) is 0.500. The summed E-state index contributed by atoms with van der Waals surface area (Å²) in [4.78, 5) is 0.0596. The van der Waals surface area contributed by atoms with Gasteiger partial charge in [-0.1, -0.05) is 76.8 Å². The molecule has 2 rings (SSSR count). The standard InChI is InChI=1S/C24H34O4S/c1-2-3-4-5-6-7-8-9-10-13-20-28-21-16-18-22(19-17-21)29(26,27)24-15-12-11-14-23(24)25/h11-12,14-19,25H,2-10,13,20H2,1H3. The van der Waals surface area contributed by atoms with Crippen molar-refractivity contribution in [2.75, 3.05) is 6.61 Å². The molecule has 0 unspecified atom stereocenters. The largest absolute Gasteiger partial charge is 0.507 e. The molecule has 1 N–H and O–H groups in total. The fourth-order valence-corrected chi connectivity index (χ4v) is 4.66. The summed E-state index contributed by atoms with van der Waals surface area (Å²) in [7, 11) is -3.74. The van der Waals surface area contributed by atoms with Gasteiger partial charge in [-0.2, -0.15) is 0 Å². The van der Waals surface area contributed by atoms with Gasteiger partial charge < -0.3 is 9.84 Å². The van der Waals surface area contributed by atoms with E-state index in [1.165, 1.54) is 75.6 Å². The third kappa shape index (κ3) is 7.73. The van der Waals surface area contributed by atoms with Gasteiger partial charge in [-0.05, 0) is 42.8 Å². The number of phenolic OH excluding ortho intramolecular Hbond substituents is 1. The van der Waals surface area contributed by atoms with E-state index in [1.807, 2.05) is 0 Å². The number of unbranched alkanes of at least 4 members (excludes halogenated alkanes) is 9. The molecule has 0 radical (unpaired) electrons. The number of sulfone groups is 1. The third-order valence-electron chi connectivity index (χ3n) is 5.06. The molecule has 0 aromatic heterocycles. The van der Waals surface area contributed by atoms with Crippen molar-refractivity contribution < 1.29 is 18.3 Å². The van der Waals surface area contributed by atoms with Crippen LogP contribution in [0.25, 0.3) is 0 Å². The second-order valence-corrected chi connectivity index (χ2v) is 9.39. The molecule has 0 atom stereocenters. The molecule has 0 aliphatic heterocycles. The highest BCUT2D eigenvalue weighted by Crippen LogP contribution is 2.29. The Kier molecular flexibility index (Phi) is 10.1. The minimum atomic E-state index is -3.74. The molecule has 5 heteroatoms. The van der Waals surface area contributed by atoms with Gasteiger partial charge >= 0.3 is 0 Å². The number of hydrogen-bond donors (Lipinski definition) is 1. The first-order chi connectivity index (χ1) is 14.1. The van der Waals surface area contributed by atoms with Crippen molar-refractivity contribution in [1.29, 1.82) is 0 Å². The van der Waals surface area contributed by atoms with Crippen LogP contribution < -0.4 is 4.74 Å². The van der Waals surface area contributed by atoms with Crippen LogP contribution in [0.2, 0.25) is 0 Å². The molecule has 0 saturated carbocycles. The Bertz CT molecular complexity index is 813. The van der Waals surface area contributed by atoms with Crippen molar-refractivity contribution in [2.24, 2.45) is 0 Å². The molecule has 0 aliphatic carbocycles. The number of ether oxygens (including phenoxy) is 1. The maximum absolute atomic E-state index is 12.6. The highest BCUT2D eigenvalue weighted by Gasteiger charge is 2.20. The van der Waals surface area contributed by atoms with Crippen LogP contribution in [0.1, 0.15) is 71.1 Å². The number of phenols is 1. The van der Waals surface area contributed by atoms with E-state index >= 15 is 0 Å². The van der Waals surface area contributed by atoms with Crippen molar-refractivity contribution in [3.63, 3.8) is 0 Å². The van der Waals surface area contributed by atoms with Crippen molar-refractivity contribution in [1.82, 2.24) is 0 Å². The molecule has 0 heterocycles. The molecule has 0 fully saturated rings. The zero-order valence-corrected chi connectivity index (χ0v) is 18.3. The summed E-state index contributed by atoms with van der Waals surface area (Å²) < 4.78 is 31.0. The number of hydrogen-bond acceptors (Lipinski definition) is 4. The molecular formula is C24H34O4S. The van der Waals surface area contributed by atoms with E-state index in [0.717, 1.165) is 12.8 Å². The van der Waals surface area contributed by atoms with Gasteiger partial charge in [0, 0.05) is 0 Å². The maximum Gasteiger partial charge on any atom is 0.210 e. The van der Waals surface area contributed by atoms with Crippen molar-refractivity contribution >= 4 is 9.84 Å². The molecule has 0 amide bonds. The zero-order valence-electron chi connectivity index (χ0n) is 17.5. The molecular weight excluding hydrogens is 384 g/mol. The molecule has 0 aliphatic rings. The van der Waals surface area contributed by atoms with Crippen LogP contribution >= 0.6 is 0 Å². The van der Waals surface area contributed by atoms with Crippen LogP contribution in [-0.2, 0) is 9.84 Å². The van der Waals surface area contributed by atoms with Crippen LogP contribution in [0, 0.1) is 0 Å². The lowest BCUT2D eigenvalue weighted by molar-refractivity contribution is 0.304. The number of aromatic hydroxyl groups is 1. The van der Waals surface area contributed by atoms with Crippen LogP contribution in [0.4, 0.5) is 0 Å². The summed E-state index contributed by atoms with van der Waals surface area (Å²) in [6, 6.07) is 12.4. The fourth-order valence-electron chi connectivity index (χ4n) is 3.31. The summed E-state index contributed by atoms with van der Waals surface area (Å²) >= 11 is 0. The normalized spacial score (nSPS) is 11.5. The van der Waals surface area contributed by atoms with Gasteiger partial charge in [-0.3, -0.25) is 0 Å². The van der Waals surface area contributed by atoms with Crippen LogP contribution in [0.15, 0.2) is 58.3 Å². The zero-order chi connectivity index (χ0) is 21.0. The first kappa shape index (κ1) is 23.3. The Morgan fingerprint density at radius 1 is 0.759 bits per heavy atom. The van der Waals surface area contributed by atoms with E-state index in [9.17, 15) is 13.5 Å². The Labute approximate surface area is 175 Å². The highest BCUT2D eigenvalue weighted by atomic mass is 32.2. The summed E-state index contributed by atoms with van der Waals surface area (Å²) in [5.74, 6) is 0.422. The first-order valence-electron chi connectivity index (χ1n) is 10.8. The van der Waals surface area contributed by atoms with E-state index in [-0.39, 0.29) is 15.5 Å². The van der Waals surface area contributed by atoms with Gasteiger partial charge in [0.25, 0.3) is 0 Å². The monoisotopic (exact) mass is 418 g/mol. The summed E-state index contributed by atoms with van der Waals surface area (Å²) in [5.41, 5.74) is 0. The lowest BCUT2D eigenvalue weighted by Gasteiger charge is -2.09. The van der Waals surface area contributed by atoms with Crippen molar-refractivity contribution in [2.45, 2.75) is 80.9 Å². The Balaban J connectivity index is 1.68. The topological polar surface area (TPSA) is 63.6 Å². The molecule has 0 spiro atoms. The molecule has 0 saturated heterocycles. The van der Waals surface area contributed by atoms with E-state index in [1.54, 1.807) is 24.3 Å². The number of rotatable bonds is 14. The molecule has 0 bridgehead atoms. The average molecular weight is 419 g/mol. The van der Waals surface area contributed by atoms with Gasteiger partial charge in [0.1, 0.15) is 16.4 Å². The molecule has 160 valence electrons. The predicted molar refractivity (Wildman–Crippen MR) is 117 cm³/mol. The second kappa shape index (κ2) is 12.5. The molecule has 29 heavy (non-hydrogen) atoms. The van der Waals surface area contributed by atoms with E-state index < -0.39 is 9.84 Å². The summed E-state index contributed by atoms with van der Waals surface area (Å²) in [5, 5.41) is 9.83. The Hall–Kier alpha value is -2.01. The van der Waals surface area contributed by atoms with E-state index in [0.29, 0.717) is 12.4 Å². The van der Waals surface area contributed by atoms with Crippen LogP contribution in [-0.4, -0.2) is 20.1 Å². The second-order valence-electron chi connectivity index (χ2n) is 7.47. The highest BCUT2D eigenvalue weighted by molar-refractivity contribution is 7.91. The summed E-state index contributed by atoms with van der Waals surface area (Å²) in [6.07, 6.45) is 12.8. The smallest absolute Gasteiger partial charge is 0.210 e. The number of benzene rings is 2. The summed E-state index contributed by atoms with van der Waals surface area (Å²) in [6.45, 7) is 2.89.